The number of nitrogens with one attached hydrogen (secondary N) is 1. The molecule has 19 heavy (non-hydrogen) atoms. The Labute approximate surface area is 109 Å². The van der Waals surface area contributed by atoms with E-state index in [4.69, 9.17) is 5.11 Å². The lowest BCUT2D eigenvalue weighted by Gasteiger charge is -2.14. The SMILES string of the molecule is O=C(CN1CCCC1=O)Nc1cccc(C(=O)O)n1. The molecule has 2 heterocycles. The molecule has 1 fully saturated rings. The molecular formula is C12H13N3O4. The van der Waals surface area contributed by atoms with Crippen LogP contribution in [0.5, 0.6) is 0 Å². The second-order valence-corrected chi connectivity index (χ2v) is 4.18. The highest BCUT2D eigenvalue weighted by atomic mass is 16.4. The molecule has 2 amide bonds. The van der Waals surface area contributed by atoms with Gasteiger partial charge in [0.15, 0.2) is 5.69 Å². The van der Waals surface area contributed by atoms with Crippen molar-refractivity contribution in [3.05, 3.63) is 23.9 Å². The van der Waals surface area contributed by atoms with Gasteiger partial charge in [0.05, 0.1) is 6.54 Å². The lowest BCUT2D eigenvalue weighted by molar-refractivity contribution is -0.131. The van der Waals surface area contributed by atoms with E-state index in [0.717, 1.165) is 6.42 Å². The average Bonchev–Trinajstić information content (AvgIpc) is 2.75. The van der Waals surface area contributed by atoms with Crippen LogP contribution >= 0.6 is 0 Å². The molecular weight excluding hydrogens is 250 g/mol. The third-order valence-corrected chi connectivity index (χ3v) is 2.74. The van der Waals surface area contributed by atoms with Crippen LogP contribution in [0, 0.1) is 0 Å². The van der Waals surface area contributed by atoms with Crippen LogP contribution in [0.25, 0.3) is 0 Å². The number of rotatable bonds is 4. The number of hydrogen-bond acceptors (Lipinski definition) is 4. The molecule has 1 aliphatic heterocycles. The number of amides is 2. The van der Waals surface area contributed by atoms with Gasteiger partial charge in [-0.15, -0.1) is 0 Å². The van der Waals surface area contributed by atoms with Crippen molar-refractivity contribution in [2.45, 2.75) is 12.8 Å². The standard InChI is InChI=1S/C12H13N3O4/c16-10(7-15-6-2-5-11(15)17)14-9-4-1-3-8(13-9)12(18)19/h1,3-4H,2,5-7H2,(H,18,19)(H,13,14,16). The molecule has 0 radical (unpaired) electrons. The van der Waals surface area contributed by atoms with Crippen molar-refractivity contribution >= 4 is 23.6 Å². The molecule has 1 aliphatic rings. The first kappa shape index (κ1) is 13.0. The molecule has 100 valence electrons. The quantitative estimate of drug-likeness (QED) is 0.816. The molecule has 0 atom stereocenters. The number of anilines is 1. The zero-order valence-corrected chi connectivity index (χ0v) is 10.1. The maximum absolute atomic E-state index is 11.7. The van der Waals surface area contributed by atoms with E-state index in [2.05, 4.69) is 10.3 Å². The second kappa shape index (κ2) is 5.47. The van der Waals surface area contributed by atoms with Gasteiger partial charge >= 0.3 is 5.97 Å². The number of nitrogens with zero attached hydrogens (tertiary/aromatic N) is 2. The van der Waals surface area contributed by atoms with Gasteiger partial charge in [0.2, 0.25) is 11.8 Å². The Morgan fingerprint density at radius 2 is 2.21 bits per heavy atom. The summed E-state index contributed by atoms with van der Waals surface area (Å²) in [5.41, 5.74) is -0.143. The van der Waals surface area contributed by atoms with Crippen LogP contribution in [0.1, 0.15) is 23.3 Å². The molecule has 1 saturated heterocycles. The van der Waals surface area contributed by atoms with Crippen molar-refractivity contribution in [1.29, 1.82) is 0 Å². The Kier molecular flexibility index (Phi) is 3.74. The van der Waals surface area contributed by atoms with E-state index < -0.39 is 5.97 Å². The van der Waals surface area contributed by atoms with E-state index in [1.54, 1.807) is 0 Å². The Morgan fingerprint density at radius 1 is 1.42 bits per heavy atom. The molecule has 0 bridgehead atoms. The molecule has 0 unspecified atom stereocenters. The number of carboxylic acids is 1. The van der Waals surface area contributed by atoms with Crippen LogP contribution in [0.3, 0.4) is 0 Å². The molecule has 7 nitrogen and oxygen atoms in total. The minimum atomic E-state index is -1.16. The second-order valence-electron chi connectivity index (χ2n) is 4.18. The van der Waals surface area contributed by atoms with Crippen LogP contribution in [0.4, 0.5) is 5.82 Å². The summed E-state index contributed by atoms with van der Waals surface area (Å²) in [6.07, 6.45) is 1.24. The summed E-state index contributed by atoms with van der Waals surface area (Å²) in [5.74, 6) is -1.42. The Hall–Kier alpha value is -2.44. The summed E-state index contributed by atoms with van der Waals surface area (Å²) in [7, 11) is 0. The molecule has 0 spiro atoms. The van der Waals surface area contributed by atoms with Crippen molar-refractivity contribution in [1.82, 2.24) is 9.88 Å². The molecule has 0 aliphatic carbocycles. The summed E-state index contributed by atoms with van der Waals surface area (Å²) in [4.78, 5) is 39.0. The summed E-state index contributed by atoms with van der Waals surface area (Å²) < 4.78 is 0. The van der Waals surface area contributed by atoms with Crippen LogP contribution in [-0.2, 0) is 9.59 Å². The number of likely N-dealkylation sites (tertiary alicyclic amines) is 1. The number of aromatic carboxylic acids is 1. The zero-order chi connectivity index (χ0) is 13.8. The van der Waals surface area contributed by atoms with Crippen molar-refractivity contribution in [2.24, 2.45) is 0 Å². The summed E-state index contributed by atoms with van der Waals surface area (Å²) in [6, 6.07) is 4.32. The number of hydrogen-bond donors (Lipinski definition) is 2. The maximum Gasteiger partial charge on any atom is 0.354 e. The smallest absolute Gasteiger partial charge is 0.354 e. The van der Waals surface area contributed by atoms with Crippen LogP contribution in [0.15, 0.2) is 18.2 Å². The van der Waals surface area contributed by atoms with Crippen LogP contribution < -0.4 is 5.32 Å². The van der Waals surface area contributed by atoms with Crippen molar-refractivity contribution < 1.29 is 19.5 Å². The first-order chi connectivity index (χ1) is 9.06. The van der Waals surface area contributed by atoms with Gasteiger partial charge in [-0.2, -0.15) is 0 Å². The minimum Gasteiger partial charge on any atom is -0.477 e. The predicted molar refractivity (Wildman–Crippen MR) is 65.6 cm³/mol. The van der Waals surface area contributed by atoms with E-state index in [0.29, 0.717) is 13.0 Å². The van der Waals surface area contributed by atoms with Crippen LogP contribution in [-0.4, -0.2) is 45.9 Å². The van der Waals surface area contributed by atoms with Gasteiger partial charge in [-0.05, 0) is 18.6 Å². The van der Waals surface area contributed by atoms with Crippen LogP contribution in [0.2, 0.25) is 0 Å². The molecule has 2 N–H and O–H groups in total. The number of carboxylic acid groups (broad SMARTS) is 1. The fourth-order valence-electron chi connectivity index (χ4n) is 1.85. The largest absolute Gasteiger partial charge is 0.477 e. The summed E-state index contributed by atoms with van der Waals surface area (Å²) >= 11 is 0. The number of aromatic nitrogens is 1. The van der Waals surface area contributed by atoms with E-state index in [9.17, 15) is 14.4 Å². The first-order valence-corrected chi connectivity index (χ1v) is 5.84. The van der Waals surface area contributed by atoms with E-state index in [1.165, 1.54) is 23.1 Å². The van der Waals surface area contributed by atoms with Gasteiger partial charge in [0, 0.05) is 13.0 Å². The molecule has 0 aromatic carbocycles. The van der Waals surface area contributed by atoms with Gasteiger partial charge < -0.3 is 15.3 Å². The topological polar surface area (TPSA) is 99.6 Å². The van der Waals surface area contributed by atoms with E-state index in [1.807, 2.05) is 0 Å². The van der Waals surface area contributed by atoms with Gasteiger partial charge in [0.25, 0.3) is 0 Å². The first-order valence-electron chi connectivity index (χ1n) is 5.84. The normalized spacial score (nSPS) is 14.5. The predicted octanol–water partition coefficient (Wildman–Crippen LogP) is 0.341. The van der Waals surface area contributed by atoms with Gasteiger partial charge in [0.1, 0.15) is 5.82 Å². The lowest BCUT2D eigenvalue weighted by Crippen LogP contribution is -2.34. The van der Waals surface area contributed by atoms with Crippen molar-refractivity contribution in [3.63, 3.8) is 0 Å². The summed E-state index contributed by atoms with van der Waals surface area (Å²) in [6.45, 7) is 0.548. The van der Waals surface area contributed by atoms with Gasteiger partial charge in [-0.3, -0.25) is 9.59 Å². The third kappa shape index (κ3) is 3.27. The third-order valence-electron chi connectivity index (χ3n) is 2.74. The van der Waals surface area contributed by atoms with E-state index in [-0.39, 0.29) is 29.9 Å². The number of pyridine rings is 1. The minimum absolute atomic E-state index is 0.0299. The summed E-state index contributed by atoms with van der Waals surface area (Å²) in [5, 5.41) is 11.3. The van der Waals surface area contributed by atoms with Crippen molar-refractivity contribution in [2.75, 3.05) is 18.4 Å². The average molecular weight is 263 g/mol. The Morgan fingerprint density at radius 3 is 2.84 bits per heavy atom. The molecule has 7 heteroatoms. The number of carbonyl (C=O) groups is 3. The van der Waals surface area contributed by atoms with Gasteiger partial charge in [-0.25, -0.2) is 9.78 Å². The van der Waals surface area contributed by atoms with E-state index >= 15 is 0 Å². The molecule has 1 aromatic rings. The highest BCUT2D eigenvalue weighted by Crippen LogP contribution is 2.10. The van der Waals surface area contributed by atoms with Crippen molar-refractivity contribution in [3.8, 4) is 0 Å². The zero-order valence-electron chi connectivity index (χ0n) is 10.1. The highest BCUT2D eigenvalue weighted by Gasteiger charge is 2.22. The lowest BCUT2D eigenvalue weighted by atomic mass is 10.3. The highest BCUT2D eigenvalue weighted by molar-refractivity contribution is 5.94. The van der Waals surface area contributed by atoms with Gasteiger partial charge in [-0.1, -0.05) is 6.07 Å². The Bertz CT molecular complexity index is 529. The maximum atomic E-state index is 11.7. The molecule has 1 aromatic heterocycles. The fourth-order valence-corrected chi connectivity index (χ4v) is 1.85. The fraction of sp³-hybridized carbons (Fsp3) is 0.333. The Balaban J connectivity index is 1.97. The monoisotopic (exact) mass is 263 g/mol. The number of carbonyl (C=O) groups excluding carboxylic acids is 2. The molecule has 2 rings (SSSR count). The molecule has 0 saturated carbocycles.